The highest BCUT2D eigenvalue weighted by atomic mass is 16.2. The smallest absolute Gasteiger partial charge is 0.223 e. The van der Waals surface area contributed by atoms with Gasteiger partial charge in [-0.3, -0.25) is 9.59 Å². The van der Waals surface area contributed by atoms with Crippen molar-refractivity contribution in [2.75, 3.05) is 0 Å². The number of piperidine rings is 1. The summed E-state index contributed by atoms with van der Waals surface area (Å²) in [5.41, 5.74) is 0. The van der Waals surface area contributed by atoms with Crippen LogP contribution >= 0.6 is 0 Å². The van der Waals surface area contributed by atoms with Crippen molar-refractivity contribution in [3.63, 3.8) is 0 Å². The van der Waals surface area contributed by atoms with Gasteiger partial charge in [0.2, 0.25) is 11.8 Å². The fourth-order valence-electron chi connectivity index (χ4n) is 5.93. The number of nitrogens with one attached hydrogen (secondary N) is 3. The molecule has 2 heterocycles. The second kappa shape index (κ2) is 8.93. The molecule has 2 aliphatic carbocycles. The van der Waals surface area contributed by atoms with Gasteiger partial charge in [0.25, 0.3) is 0 Å². The van der Waals surface area contributed by atoms with E-state index >= 15 is 0 Å². The van der Waals surface area contributed by atoms with Crippen LogP contribution in [0.3, 0.4) is 0 Å². The van der Waals surface area contributed by atoms with Crippen LogP contribution in [0.4, 0.5) is 0 Å². The minimum absolute atomic E-state index is 0.143. The average molecular weight is 376 g/mol. The quantitative estimate of drug-likeness (QED) is 0.692. The van der Waals surface area contributed by atoms with Crippen molar-refractivity contribution >= 4 is 11.8 Å². The van der Waals surface area contributed by atoms with E-state index in [-0.39, 0.29) is 23.8 Å². The van der Waals surface area contributed by atoms with E-state index in [1.54, 1.807) is 0 Å². The second-order valence-corrected chi connectivity index (χ2v) is 9.64. The van der Waals surface area contributed by atoms with Crippen molar-refractivity contribution in [2.24, 2.45) is 11.8 Å². The number of hydrogen-bond acceptors (Lipinski definition) is 3. The Hall–Kier alpha value is -1.10. The number of hydrogen-bond donors (Lipinski definition) is 3. The summed E-state index contributed by atoms with van der Waals surface area (Å²) in [5.74, 6) is 1.23. The number of amides is 2. The zero-order chi connectivity index (χ0) is 18.6. The summed E-state index contributed by atoms with van der Waals surface area (Å²) in [5, 5.41) is 10.2. The molecule has 5 heteroatoms. The highest BCUT2D eigenvalue weighted by molar-refractivity contribution is 5.79. The Bertz CT molecular complexity index is 512. The summed E-state index contributed by atoms with van der Waals surface area (Å²) in [6.07, 6.45) is 15.5. The van der Waals surface area contributed by atoms with Crippen LogP contribution in [0.2, 0.25) is 0 Å². The van der Waals surface area contributed by atoms with Gasteiger partial charge in [-0.1, -0.05) is 19.3 Å². The molecule has 4 aliphatic rings. The molecule has 152 valence electrons. The third kappa shape index (κ3) is 5.24. The van der Waals surface area contributed by atoms with Gasteiger partial charge in [0.05, 0.1) is 0 Å². The van der Waals surface area contributed by atoms with Crippen LogP contribution in [0.25, 0.3) is 0 Å². The molecule has 0 radical (unpaired) electrons. The molecule has 0 spiro atoms. The van der Waals surface area contributed by atoms with Crippen molar-refractivity contribution in [1.29, 1.82) is 0 Å². The molecule has 2 amide bonds. The van der Waals surface area contributed by atoms with E-state index in [9.17, 15) is 9.59 Å². The van der Waals surface area contributed by atoms with Crippen molar-refractivity contribution in [1.82, 2.24) is 16.0 Å². The first kappa shape index (κ1) is 19.2. The summed E-state index contributed by atoms with van der Waals surface area (Å²) >= 11 is 0. The topological polar surface area (TPSA) is 70.2 Å². The maximum absolute atomic E-state index is 12.7. The van der Waals surface area contributed by atoms with Crippen LogP contribution in [0, 0.1) is 11.8 Å². The van der Waals surface area contributed by atoms with E-state index in [0.717, 1.165) is 38.5 Å². The summed E-state index contributed by atoms with van der Waals surface area (Å²) < 4.78 is 0. The molecular formula is C22H37N3O2. The van der Waals surface area contributed by atoms with Gasteiger partial charge in [0.15, 0.2) is 0 Å². The third-order valence-electron chi connectivity index (χ3n) is 7.48. The maximum atomic E-state index is 12.7. The van der Waals surface area contributed by atoms with Gasteiger partial charge < -0.3 is 16.0 Å². The van der Waals surface area contributed by atoms with Crippen molar-refractivity contribution < 1.29 is 9.59 Å². The molecule has 2 unspecified atom stereocenters. The predicted molar refractivity (Wildman–Crippen MR) is 106 cm³/mol. The molecule has 4 rings (SSSR count). The summed E-state index contributed by atoms with van der Waals surface area (Å²) in [4.78, 5) is 25.0. The first-order valence-corrected chi connectivity index (χ1v) is 11.5. The monoisotopic (exact) mass is 375 g/mol. The van der Waals surface area contributed by atoms with Gasteiger partial charge >= 0.3 is 0 Å². The SMILES string of the molecule is O=C(CC1CCCCC1)NC1CCC(C(=O)NC2CC3CCC(C2)N3)CC1. The number of carbonyl (C=O) groups excluding carboxylic acids is 2. The lowest BCUT2D eigenvalue weighted by Crippen LogP contribution is -2.50. The fraction of sp³-hybridized carbons (Fsp3) is 0.909. The number of fused-ring (bicyclic) bond motifs is 2. The second-order valence-electron chi connectivity index (χ2n) is 9.64. The molecule has 5 nitrogen and oxygen atoms in total. The van der Waals surface area contributed by atoms with E-state index in [2.05, 4.69) is 16.0 Å². The molecule has 0 aromatic rings. The molecule has 3 N–H and O–H groups in total. The van der Waals surface area contributed by atoms with Crippen molar-refractivity contribution in [3.8, 4) is 0 Å². The zero-order valence-electron chi connectivity index (χ0n) is 16.7. The first-order valence-electron chi connectivity index (χ1n) is 11.5. The molecule has 2 saturated heterocycles. The number of rotatable bonds is 5. The Balaban J connectivity index is 1.15. The van der Waals surface area contributed by atoms with Gasteiger partial charge in [0.1, 0.15) is 0 Å². The summed E-state index contributed by atoms with van der Waals surface area (Å²) in [6.45, 7) is 0. The largest absolute Gasteiger partial charge is 0.353 e. The van der Waals surface area contributed by atoms with E-state index in [4.69, 9.17) is 0 Å². The number of carbonyl (C=O) groups is 2. The minimum Gasteiger partial charge on any atom is -0.353 e. The Morgan fingerprint density at radius 1 is 0.741 bits per heavy atom. The Kier molecular flexibility index (Phi) is 6.36. The van der Waals surface area contributed by atoms with E-state index < -0.39 is 0 Å². The van der Waals surface area contributed by atoms with Gasteiger partial charge in [-0.25, -0.2) is 0 Å². The molecule has 2 aliphatic heterocycles. The molecule has 4 fully saturated rings. The van der Waals surface area contributed by atoms with Crippen LogP contribution in [-0.4, -0.2) is 36.0 Å². The average Bonchev–Trinajstić information content (AvgIpc) is 3.01. The van der Waals surface area contributed by atoms with Gasteiger partial charge in [-0.05, 0) is 70.1 Å². The van der Waals surface area contributed by atoms with Crippen LogP contribution in [0.15, 0.2) is 0 Å². The Morgan fingerprint density at radius 3 is 2.07 bits per heavy atom. The van der Waals surface area contributed by atoms with E-state index in [1.807, 2.05) is 0 Å². The molecule has 2 atom stereocenters. The summed E-state index contributed by atoms with van der Waals surface area (Å²) in [7, 11) is 0. The Labute approximate surface area is 163 Å². The molecule has 0 aromatic heterocycles. The van der Waals surface area contributed by atoms with Crippen LogP contribution in [0.5, 0.6) is 0 Å². The lowest BCUT2D eigenvalue weighted by atomic mass is 9.84. The van der Waals surface area contributed by atoms with Crippen LogP contribution < -0.4 is 16.0 Å². The van der Waals surface area contributed by atoms with Gasteiger partial charge in [-0.15, -0.1) is 0 Å². The maximum Gasteiger partial charge on any atom is 0.223 e. The fourth-order valence-corrected chi connectivity index (χ4v) is 5.93. The van der Waals surface area contributed by atoms with Gasteiger partial charge in [-0.2, -0.15) is 0 Å². The van der Waals surface area contributed by atoms with E-state index in [1.165, 1.54) is 44.9 Å². The van der Waals surface area contributed by atoms with Crippen molar-refractivity contribution in [2.45, 2.75) is 114 Å². The molecule has 2 saturated carbocycles. The van der Waals surface area contributed by atoms with E-state index in [0.29, 0.717) is 30.5 Å². The highest BCUT2D eigenvalue weighted by Gasteiger charge is 2.35. The molecule has 27 heavy (non-hydrogen) atoms. The summed E-state index contributed by atoms with van der Waals surface area (Å²) in [6, 6.07) is 1.87. The van der Waals surface area contributed by atoms with Crippen molar-refractivity contribution in [3.05, 3.63) is 0 Å². The minimum atomic E-state index is 0.143. The van der Waals surface area contributed by atoms with Gasteiger partial charge in [0, 0.05) is 36.5 Å². The highest BCUT2D eigenvalue weighted by Crippen LogP contribution is 2.29. The standard InChI is InChI=1S/C22H37N3O2/c26-21(12-15-4-2-1-3-5-15)24-17-8-6-16(7-9-17)22(27)25-20-13-18-10-11-19(14-20)23-18/h15-20,23H,1-14H2,(H,24,26)(H,25,27). The lowest BCUT2D eigenvalue weighted by molar-refractivity contribution is -0.127. The lowest BCUT2D eigenvalue weighted by Gasteiger charge is -2.33. The van der Waals surface area contributed by atoms with Crippen LogP contribution in [0.1, 0.15) is 89.9 Å². The molecule has 0 aromatic carbocycles. The van der Waals surface area contributed by atoms with Crippen LogP contribution in [-0.2, 0) is 9.59 Å². The Morgan fingerprint density at radius 2 is 1.41 bits per heavy atom. The third-order valence-corrected chi connectivity index (χ3v) is 7.48. The normalized spacial score (nSPS) is 37.0. The predicted octanol–water partition coefficient (Wildman–Crippen LogP) is 3.03. The molecule has 2 bridgehead atoms. The zero-order valence-corrected chi connectivity index (χ0v) is 16.7. The first-order chi connectivity index (χ1) is 13.2. The molecular weight excluding hydrogens is 338 g/mol.